The van der Waals surface area contributed by atoms with E-state index in [-0.39, 0.29) is 0 Å². The zero-order valence-electron chi connectivity index (χ0n) is 13.4. The van der Waals surface area contributed by atoms with Gasteiger partial charge in [-0.05, 0) is 36.5 Å². The Kier molecular flexibility index (Phi) is 7.34. The van der Waals surface area contributed by atoms with Crippen molar-refractivity contribution < 1.29 is 0 Å². The minimum Gasteiger partial charge on any atom is -0.0654 e. The second kappa shape index (κ2) is 8.23. The van der Waals surface area contributed by atoms with Gasteiger partial charge in [-0.3, -0.25) is 0 Å². The Balaban J connectivity index is 1.86. The van der Waals surface area contributed by atoms with Crippen molar-refractivity contribution in [1.29, 1.82) is 0 Å². The standard InChI is InChI=1S/C18H36/c1-5-14-18(3,4)15-10-8-6-7-9-11-17-13-12-16(17)2/h16-17H,5-15H2,1-4H3. The molecule has 0 aromatic rings. The molecule has 0 spiro atoms. The molecule has 1 rings (SSSR count). The summed E-state index contributed by atoms with van der Waals surface area (Å²) in [6.07, 6.45) is 16.1. The lowest BCUT2D eigenvalue weighted by Crippen LogP contribution is -2.22. The maximum absolute atomic E-state index is 2.44. The molecule has 0 nitrogen and oxygen atoms in total. The number of hydrogen-bond acceptors (Lipinski definition) is 0. The minimum atomic E-state index is 0.593. The van der Waals surface area contributed by atoms with E-state index in [1.165, 1.54) is 70.6 Å². The molecule has 0 radical (unpaired) electrons. The molecule has 18 heavy (non-hydrogen) atoms. The molecule has 0 heteroatoms. The minimum absolute atomic E-state index is 0.593. The van der Waals surface area contributed by atoms with Crippen LogP contribution < -0.4 is 0 Å². The summed E-state index contributed by atoms with van der Waals surface area (Å²) in [5.41, 5.74) is 0.593. The Morgan fingerprint density at radius 2 is 1.56 bits per heavy atom. The Bertz CT molecular complexity index is 204. The number of rotatable bonds is 10. The van der Waals surface area contributed by atoms with Crippen molar-refractivity contribution in [2.45, 2.75) is 98.3 Å². The predicted molar refractivity (Wildman–Crippen MR) is 82.9 cm³/mol. The summed E-state index contributed by atoms with van der Waals surface area (Å²) in [6.45, 7) is 9.62. The summed E-state index contributed by atoms with van der Waals surface area (Å²) in [5, 5.41) is 0. The topological polar surface area (TPSA) is 0 Å². The molecular weight excluding hydrogens is 216 g/mol. The Labute approximate surface area is 116 Å². The van der Waals surface area contributed by atoms with Gasteiger partial charge < -0.3 is 0 Å². The van der Waals surface area contributed by atoms with E-state index in [4.69, 9.17) is 0 Å². The van der Waals surface area contributed by atoms with Crippen molar-refractivity contribution in [3.8, 4) is 0 Å². The van der Waals surface area contributed by atoms with Gasteiger partial charge in [0.05, 0.1) is 0 Å². The fourth-order valence-corrected chi connectivity index (χ4v) is 3.51. The third-order valence-corrected chi connectivity index (χ3v) is 5.15. The maximum atomic E-state index is 2.44. The van der Waals surface area contributed by atoms with E-state index in [9.17, 15) is 0 Å². The van der Waals surface area contributed by atoms with E-state index >= 15 is 0 Å². The van der Waals surface area contributed by atoms with Crippen LogP contribution in [-0.2, 0) is 0 Å². The molecule has 1 aliphatic carbocycles. The van der Waals surface area contributed by atoms with Gasteiger partial charge in [-0.25, -0.2) is 0 Å². The number of unbranched alkanes of at least 4 members (excludes halogenated alkanes) is 4. The number of hydrogen-bond donors (Lipinski definition) is 0. The van der Waals surface area contributed by atoms with Gasteiger partial charge in [0.1, 0.15) is 0 Å². The van der Waals surface area contributed by atoms with Gasteiger partial charge in [-0.1, -0.05) is 79.1 Å². The molecule has 2 unspecified atom stereocenters. The van der Waals surface area contributed by atoms with Crippen LogP contribution in [0.15, 0.2) is 0 Å². The quantitative estimate of drug-likeness (QED) is 0.385. The van der Waals surface area contributed by atoms with Gasteiger partial charge in [0, 0.05) is 0 Å². The Morgan fingerprint density at radius 3 is 2.11 bits per heavy atom. The van der Waals surface area contributed by atoms with Crippen LogP contribution in [0.1, 0.15) is 98.3 Å². The zero-order chi connectivity index (χ0) is 13.4. The summed E-state index contributed by atoms with van der Waals surface area (Å²) in [7, 11) is 0. The lowest BCUT2D eigenvalue weighted by Gasteiger charge is -2.33. The molecule has 0 heterocycles. The fourth-order valence-electron chi connectivity index (χ4n) is 3.51. The van der Waals surface area contributed by atoms with Gasteiger partial charge in [0.25, 0.3) is 0 Å². The zero-order valence-corrected chi connectivity index (χ0v) is 13.4. The van der Waals surface area contributed by atoms with Gasteiger partial charge in [-0.2, -0.15) is 0 Å². The SMILES string of the molecule is CCCC(C)(C)CCCCCCCC1CCC1C. The van der Waals surface area contributed by atoms with Gasteiger partial charge in [0.15, 0.2) is 0 Å². The van der Waals surface area contributed by atoms with E-state index < -0.39 is 0 Å². The fraction of sp³-hybridized carbons (Fsp3) is 1.00. The van der Waals surface area contributed by atoms with Crippen molar-refractivity contribution >= 4 is 0 Å². The highest BCUT2D eigenvalue weighted by Gasteiger charge is 2.25. The van der Waals surface area contributed by atoms with Gasteiger partial charge in [0.2, 0.25) is 0 Å². The van der Waals surface area contributed by atoms with E-state index in [0.717, 1.165) is 11.8 Å². The van der Waals surface area contributed by atoms with Gasteiger partial charge in [-0.15, -0.1) is 0 Å². The first-order valence-electron chi connectivity index (χ1n) is 8.55. The lowest BCUT2D eigenvalue weighted by molar-refractivity contribution is 0.178. The monoisotopic (exact) mass is 252 g/mol. The largest absolute Gasteiger partial charge is 0.0654 e. The first-order chi connectivity index (χ1) is 8.55. The van der Waals surface area contributed by atoms with E-state index in [2.05, 4.69) is 27.7 Å². The van der Waals surface area contributed by atoms with Crippen LogP contribution >= 0.6 is 0 Å². The summed E-state index contributed by atoms with van der Waals surface area (Å²) >= 11 is 0. The Hall–Kier alpha value is 0. The van der Waals surface area contributed by atoms with Crippen LogP contribution in [0.2, 0.25) is 0 Å². The average Bonchev–Trinajstić information content (AvgIpc) is 2.30. The van der Waals surface area contributed by atoms with E-state index in [0.29, 0.717) is 5.41 Å². The summed E-state index contributed by atoms with van der Waals surface area (Å²) in [5.74, 6) is 2.13. The van der Waals surface area contributed by atoms with Crippen LogP contribution in [0.4, 0.5) is 0 Å². The van der Waals surface area contributed by atoms with Crippen molar-refractivity contribution in [1.82, 2.24) is 0 Å². The normalized spacial score (nSPS) is 24.0. The summed E-state index contributed by atoms with van der Waals surface area (Å²) < 4.78 is 0. The van der Waals surface area contributed by atoms with Crippen LogP contribution in [0.3, 0.4) is 0 Å². The molecule has 2 atom stereocenters. The van der Waals surface area contributed by atoms with Gasteiger partial charge >= 0.3 is 0 Å². The molecule has 0 bridgehead atoms. The third kappa shape index (κ3) is 6.25. The first kappa shape index (κ1) is 16.1. The molecule has 0 N–H and O–H groups in total. The lowest BCUT2D eigenvalue weighted by atomic mass is 9.72. The van der Waals surface area contributed by atoms with Crippen molar-refractivity contribution in [2.75, 3.05) is 0 Å². The smallest absolute Gasteiger partial charge is 0.0354 e. The molecule has 1 saturated carbocycles. The van der Waals surface area contributed by atoms with Crippen LogP contribution in [-0.4, -0.2) is 0 Å². The molecule has 0 saturated heterocycles. The van der Waals surface area contributed by atoms with Crippen molar-refractivity contribution in [2.24, 2.45) is 17.3 Å². The molecule has 0 aromatic heterocycles. The summed E-state index contributed by atoms with van der Waals surface area (Å²) in [4.78, 5) is 0. The van der Waals surface area contributed by atoms with Crippen LogP contribution in [0, 0.1) is 17.3 Å². The maximum Gasteiger partial charge on any atom is -0.0354 e. The third-order valence-electron chi connectivity index (χ3n) is 5.15. The second-order valence-corrected chi connectivity index (χ2v) is 7.54. The second-order valence-electron chi connectivity index (χ2n) is 7.54. The highest BCUT2D eigenvalue weighted by molar-refractivity contribution is 4.76. The van der Waals surface area contributed by atoms with E-state index in [1.54, 1.807) is 0 Å². The average molecular weight is 252 g/mol. The molecular formula is C18H36. The molecule has 108 valence electrons. The molecule has 0 aliphatic heterocycles. The molecule has 0 amide bonds. The van der Waals surface area contributed by atoms with Crippen molar-refractivity contribution in [3.05, 3.63) is 0 Å². The van der Waals surface area contributed by atoms with Crippen LogP contribution in [0.25, 0.3) is 0 Å². The molecule has 0 aromatic carbocycles. The van der Waals surface area contributed by atoms with Crippen LogP contribution in [0.5, 0.6) is 0 Å². The van der Waals surface area contributed by atoms with E-state index in [1.807, 2.05) is 0 Å². The van der Waals surface area contributed by atoms with Crippen molar-refractivity contribution in [3.63, 3.8) is 0 Å². The molecule has 1 fully saturated rings. The molecule has 1 aliphatic rings. The highest BCUT2D eigenvalue weighted by Crippen LogP contribution is 2.37. The predicted octanol–water partition coefficient (Wildman–Crippen LogP) is 6.59. The first-order valence-corrected chi connectivity index (χ1v) is 8.55. The Morgan fingerprint density at radius 1 is 0.889 bits per heavy atom. The highest BCUT2D eigenvalue weighted by atomic mass is 14.3. The summed E-state index contributed by atoms with van der Waals surface area (Å²) in [6, 6.07) is 0.